The molecule has 2 heteroatoms. The average Bonchev–Trinajstić information content (AvgIpc) is 2.34. The normalized spacial score (nSPS) is 22.8. The zero-order valence-electron chi connectivity index (χ0n) is 8.02. The molecule has 1 heterocycles. The Morgan fingerprint density at radius 2 is 2.08 bits per heavy atom. The van der Waals surface area contributed by atoms with Crippen LogP contribution in [0.25, 0.3) is 0 Å². The van der Waals surface area contributed by atoms with Crippen LogP contribution in [-0.4, -0.2) is 12.1 Å². The summed E-state index contributed by atoms with van der Waals surface area (Å²) in [7, 11) is 0. The van der Waals surface area contributed by atoms with Crippen LogP contribution in [0, 0.1) is 0 Å². The van der Waals surface area contributed by atoms with Gasteiger partial charge in [0.15, 0.2) is 0 Å². The summed E-state index contributed by atoms with van der Waals surface area (Å²) in [5, 5.41) is 0. The highest BCUT2D eigenvalue weighted by Crippen LogP contribution is 2.25. The molecule has 0 aromatic carbocycles. The van der Waals surface area contributed by atoms with Gasteiger partial charge in [0.05, 0.1) is 0 Å². The fraction of sp³-hybridized carbons (Fsp3) is 0.700. The van der Waals surface area contributed by atoms with Crippen molar-refractivity contribution < 1.29 is 9.53 Å². The molecule has 1 aliphatic heterocycles. The van der Waals surface area contributed by atoms with E-state index in [1.54, 1.807) is 0 Å². The Labute approximate surface area is 73.6 Å². The van der Waals surface area contributed by atoms with Crippen molar-refractivity contribution in [3.63, 3.8) is 0 Å². The summed E-state index contributed by atoms with van der Waals surface area (Å²) in [5.41, 5.74) is 2.18. The Hall–Kier alpha value is -0.790. The molecule has 1 aliphatic rings. The molecule has 0 aromatic rings. The third-order valence-electron chi connectivity index (χ3n) is 2.33. The summed E-state index contributed by atoms with van der Waals surface area (Å²) in [4.78, 5) is 11.3. The molecule has 1 unspecified atom stereocenters. The van der Waals surface area contributed by atoms with Gasteiger partial charge >= 0.3 is 5.97 Å². The molecule has 0 N–H and O–H groups in total. The van der Waals surface area contributed by atoms with E-state index in [1.807, 2.05) is 6.92 Å². The molecule has 1 rings (SSSR count). The quantitative estimate of drug-likeness (QED) is 0.467. The van der Waals surface area contributed by atoms with Crippen LogP contribution in [-0.2, 0) is 9.53 Å². The van der Waals surface area contributed by atoms with Gasteiger partial charge in [-0.1, -0.05) is 19.4 Å². The predicted molar refractivity (Wildman–Crippen MR) is 47.8 cm³/mol. The number of carbonyl (C=O) groups excluding carboxylic acids is 1. The summed E-state index contributed by atoms with van der Waals surface area (Å²) < 4.78 is 5.06. The lowest BCUT2D eigenvalue weighted by Crippen LogP contribution is -2.00. The minimum absolute atomic E-state index is 0.0839. The maximum atomic E-state index is 11.3. The van der Waals surface area contributed by atoms with E-state index in [0.717, 1.165) is 24.8 Å². The van der Waals surface area contributed by atoms with E-state index in [-0.39, 0.29) is 12.1 Å². The smallest absolute Gasteiger partial charge is 0.334 e. The van der Waals surface area contributed by atoms with Crippen molar-refractivity contribution in [2.45, 2.75) is 46.1 Å². The first-order chi connectivity index (χ1) is 5.69. The minimum atomic E-state index is -0.0961. The van der Waals surface area contributed by atoms with Crippen LogP contribution < -0.4 is 0 Å². The van der Waals surface area contributed by atoms with Crippen molar-refractivity contribution in [3.05, 3.63) is 11.1 Å². The third-order valence-corrected chi connectivity index (χ3v) is 2.33. The number of carbonyl (C=O) groups is 1. The van der Waals surface area contributed by atoms with Crippen molar-refractivity contribution in [3.8, 4) is 0 Å². The van der Waals surface area contributed by atoms with Crippen LogP contribution >= 0.6 is 0 Å². The highest BCUT2D eigenvalue weighted by molar-refractivity contribution is 5.91. The Kier molecular flexibility index (Phi) is 2.90. The minimum Gasteiger partial charge on any atom is -0.459 e. The summed E-state index contributed by atoms with van der Waals surface area (Å²) in [6, 6.07) is 0. The largest absolute Gasteiger partial charge is 0.459 e. The lowest BCUT2D eigenvalue weighted by atomic mass is 10.0. The lowest BCUT2D eigenvalue weighted by molar-refractivity contribution is -0.138. The van der Waals surface area contributed by atoms with Gasteiger partial charge in [0, 0.05) is 12.0 Å². The molecule has 0 aromatic heterocycles. The molecule has 2 nitrogen and oxygen atoms in total. The van der Waals surface area contributed by atoms with Crippen molar-refractivity contribution in [1.29, 1.82) is 0 Å². The maximum Gasteiger partial charge on any atom is 0.334 e. The van der Waals surface area contributed by atoms with Gasteiger partial charge in [-0.3, -0.25) is 0 Å². The molecule has 0 spiro atoms. The van der Waals surface area contributed by atoms with Crippen molar-refractivity contribution in [2.75, 3.05) is 0 Å². The van der Waals surface area contributed by atoms with E-state index < -0.39 is 0 Å². The molecule has 1 fully saturated rings. The van der Waals surface area contributed by atoms with E-state index in [2.05, 4.69) is 13.8 Å². The van der Waals surface area contributed by atoms with E-state index in [0.29, 0.717) is 0 Å². The topological polar surface area (TPSA) is 26.3 Å². The molecule has 68 valence electrons. The van der Waals surface area contributed by atoms with E-state index in [1.165, 1.54) is 5.57 Å². The molecule has 0 radical (unpaired) electrons. The van der Waals surface area contributed by atoms with Crippen LogP contribution in [0.1, 0.15) is 40.0 Å². The Bertz CT molecular complexity index is 210. The van der Waals surface area contributed by atoms with Gasteiger partial charge in [-0.2, -0.15) is 0 Å². The first-order valence-electron chi connectivity index (χ1n) is 4.60. The van der Waals surface area contributed by atoms with Gasteiger partial charge in [-0.05, 0) is 19.8 Å². The Balaban J connectivity index is 2.85. The SMILES string of the molecule is CCC(CC)=C1CC(C)OC1=O. The van der Waals surface area contributed by atoms with Gasteiger partial charge in [0.25, 0.3) is 0 Å². The van der Waals surface area contributed by atoms with Crippen molar-refractivity contribution in [1.82, 2.24) is 0 Å². The molecule has 0 saturated carbocycles. The van der Waals surface area contributed by atoms with Gasteiger partial charge in [-0.15, -0.1) is 0 Å². The summed E-state index contributed by atoms with van der Waals surface area (Å²) in [6.07, 6.45) is 2.82. The fourth-order valence-corrected chi connectivity index (χ4v) is 1.63. The first-order valence-corrected chi connectivity index (χ1v) is 4.60. The zero-order chi connectivity index (χ0) is 9.14. The van der Waals surface area contributed by atoms with Crippen LogP contribution in [0.15, 0.2) is 11.1 Å². The van der Waals surface area contributed by atoms with E-state index in [9.17, 15) is 4.79 Å². The third kappa shape index (κ3) is 1.68. The number of esters is 1. The van der Waals surface area contributed by atoms with Crippen molar-refractivity contribution in [2.24, 2.45) is 0 Å². The van der Waals surface area contributed by atoms with Gasteiger partial charge in [0.1, 0.15) is 6.10 Å². The van der Waals surface area contributed by atoms with Gasteiger partial charge in [0.2, 0.25) is 0 Å². The highest BCUT2D eigenvalue weighted by atomic mass is 16.5. The van der Waals surface area contributed by atoms with E-state index >= 15 is 0 Å². The number of rotatable bonds is 2. The van der Waals surface area contributed by atoms with Crippen molar-refractivity contribution >= 4 is 5.97 Å². The van der Waals surface area contributed by atoms with Crippen LogP contribution in [0.4, 0.5) is 0 Å². The first kappa shape index (κ1) is 9.30. The average molecular weight is 168 g/mol. The standard InChI is InChI=1S/C10H16O2/c1-4-8(5-2)9-6-7(3)12-10(9)11/h7H,4-6H2,1-3H3. The predicted octanol–water partition coefficient (Wildman–Crippen LogP) is 2.44. The summed E-state index contributed by atoms with van der Waals surface area (Å²) >= 11 is 0. The monoisotopic (exact) mass is 168 g/mol. The van der Waals surface area contributed by atoms with Crippen LogP contribution in [0.2, 0.25) is 0 Å². The molecular formula is C10H16O2. The summed E-state index contributed by atoms with van der Waals surface area (Å²) in [5.74, 6) is -0.0961. The molecule has 0 amide bonds. The number of allylic oxidation sites excluding steroid dienone is 1. The van der Waals surface area contributed by atoms with Gasteiger partial charge in [-0.25, -0.2) is 4.79 Å². The second-order valence-electron chi connectivity index (χ2n) is 3.21. The maximum absolute atomic E-state index is 11.3. The Morgan fingerprint density at radius 3 is 2.42 bits per heavy atom. The molecule has 12 heavy (non-hydrogen) atoms. The lowest BCUT2D eigenvalue weighted by Gasteiger charge is -2.01. The molecule has 0 bridgehead atoms. The second-order valence-corrected chi connectivity index (χ2v) is 3.21. The van der Waals surface area contributed by atoms with Gasteiger partial charge < -0.3 is 4.74 Å². The number of ether oxygens (including phenoxy) is 1. The summed E-state index contributed by atoms with van der Waals surface area (Å²) in [6.45, 7) is 6.11. The second kappa shape index (κ2) is 3.74. The number of cyclic esters (lactones) is 1. The highest BCUT2D eigenvalue weighted by Gasteiger charge is 2.27. The van der Waals surface area contributed by atoms with Crippen LogP contribution in [0.5, 0.6) is 0 Å². The number of hydrogen-bond acceptors (Lipinski definition) is 2. The zero-order valence-corrected chi connectivity index (χ0v) is 8.02. The Morgan fingerprint density at radius 1 is 1.50 bits per heavy atom. The number of hydrogen-bond donors (Lipinski definition) is 0. The molecule has 1 saturated heterocycles. The molecular weight excluding hydrogens is 152 g/mol. The van der Waals surface area contributed by atoms with E-state index in [4.69, 9.17) is 4.74 Å². The fourth-order valence-electron chi connectivity index (χ4n) is 1.63. The molecule has 1 atom stereocenters. The molecule has 0 aliphatic carbocycles. The van der Waals surface area contributed by atoms with Crippen LogP contribution in [0.3, 0.4) is 0 Å².